The smallest absolute Gasteiger partial charge is 0.200 e. The molecule has 1 aliphatic heterocycles. The van der Waals surface area contributed by atoms with Crippen molar-refractivity contribution in [3.8, 4) is 0 Å². The topological polar surface area (TPSA) is 34.1 Å². The minimum Gasteiger partial charge on any atom is -0.219 e. The number of benzene rings is 1. The first-order valence-electron chi connectivity index (χ1n) is 4.19. The molecule has 0 radical (unpaired) electrons. The van der Waals surface area contributed by atoms with Crippen LogP contribution in [0.3, 0.4) is 0 Å². The Balaban J connectivity index is 2.65. The molecule has 0 atom stereocenters. The number of fused-ring (bicyclic) bond motifs is 1. The molecule has 0 saturated carbocycles. The van der Waals surface area contributed by atoms with Crippen LogP contribution in [0.25, 0.3) is 6.08 Å². The molecular weight excluding hydrogens is 184 g/mol. The lowest BCUT2D eigenvalue weighted by molar-refractivity contribution is 0.605. The molecule has 13 heavy (non-hydrogen) atoms. The molecule has 2 rings (SSSR count). The minimum absolute atomic E-state index is 0.435. The number of rotatable bonds is 1. The summed E-state index contributed by atoms with van der Waals surface area (Å²) in [5, 5.41) is 1.26. The van der Waals surface area contributed by atoms with Crippen molar-refractivity contribution in [1.82, 2.24) is 0 Å². The van der Waals surface area contributed by atoms with E-state index in [1.807, 2.05) is 12.1 Å². The van der Waals surface area contributed by atoms with Crippen molar-refractivity contribution in [3.05, 3.63) is 34.7 Å². The van der Waals surface area contributed by atoms with Crippen LogP contribution in [0.5, 0.6) is 0 Å². The monoisotopic (exact) mass is 194 g/mol. The molecule has 68 valence electrons. The van der Waals surface area contributed by atoms with Gasteiger partial charge in [-0.25, -0.2) is 8.42 Å². The van der Waals surface area contributed by atoms with Crippen LogP contribution < -0.4 is 0 Å². The molecule has 0 aromatic heterocycles. The molecule has 0 fully saturated rings. The molecule has 0 saturated heterocycles. The third-order valence-electron chi connectivity index (χ3n) is 2.22. The van der Waals surface area contributed by atoms with E-state index in [0.29, 0.717) is 4.90 Å². The van der Waals surface area contributed by atoms with E-state index in [0.717, 1.165) is 12.0 Å². The van der Waals surface area contributed by atoms with Crippen molar-refractivity contribution in [3.63, 3.8) is 0 Å². The van der Waals surface area contributed by atoms with Gasteiger partial charge < -0.3 is 0 Å². The Morgan fingerprint density at radius 3 is 2.77 bits per heavy atom. The Kier molecular flexibility index (Phi) is 1.77. The lowest BCUT2D eigenvalue weighted by Gasteiger charge is -2.00. The van der Waals surface area contributed by atoms with E-state index in [1.54, 1.807) is 12.1 Å². The maximum atomic E-state index is 11.4. The molecule has 1 aliphatic rings. The second-order valence-electron chi connectivity index (χ2n) is 3.07. The summed E-state index contributed by atoms with van der Waals surface area (Å²) in [5.41, 5.74) is 1.99. The molecule has 0 aliphatic carbocycles. The lowest BCUT2D eigenvalue weighted by atomic mass is 10.1. The fourth-order valence-electron chi connectivity index (χ4n) is 1.44. The molecule has 1 aromatic carbocycles. The van der Waals surface area contributed by atoms with Gasteiger partial charge in [0.25, 0.3) is 0 Å². The maximum absolute atomic E-state index is 11.4. The second kappa shape index (κ2) is 2.70. The van der Waals surface area contributed by atoms with Gasteiger partial charge in [-0.1, -0.05) is 19.1 Å². The summed E-state index contributed by atoms with van der Waals surface area (Å²) in [6, 6.07) is 5.48. The van der Waals surface area contributed by atoms with E-state index in [2.05, 4.69) is 6.92 Å². The third kappa shape index (κ3) is 1.29. The SMILES string of the molecule is CCc1ccc2c(c1)C=CS2(=O)=O. The third-order valence-corrected chi connectivity index (χ3v) is 3.69. The van der Waals surface area contributed by atoms with Gasteiger partial charge in [0.2, 0.25) is 0 Å². The fourth-order valence-corrected chi connectivity index (χ4v) is 2.63. The minimum atomic E-state index is -3.11. The van der Waals surface area contributed by atoms with Gasteiger partial charge in [0, 0.05) is 5.41 Å². The van der Waals surface area contributed by atoms with Crippen molar-refractivity contribution in [2.45, 2.75) is 18.2 Å². The van der Waals surface area contributed by atoms with E-state index >= 15 is 0 Å². The van der Waals surface area contributed by atoms with Crippen molar-refractivity contribution in [2.24, 2.45) is 0 Å². The Bertz CT molecular complexity index is 470. The quantitative estimate of drug-likeness (QED) is 0.685. The first kappa shape index (κ1) is 8.51. The van der Waals surface area contributed by atoms with Crippen molar-refractivity contribution in [1.29, 1.82) is 0 Å². The highest BCUT2D eigenvalue weighted by molar-refractivity contribution is 7.94. The Morgan fingerprint density at radius 1 is 1.31 bits per heavy atom. The van der Waals surface area contributed by atoms with E-state index < -0.39 is 9.84 Å². The van der Waals surface area contributed by atoms with Gasteiger partial charge in [-0.15, -0.1) is 0 Å². The predicted octanol–water partition coefficient (Wildman–Crippen LogP) is 2.01. The molecule has 3 heteroatoms. The van der Waals surface area contributed by atoms with Crippen LogP contribution in [0, 0.1) is 0 Å². The summed E-state index contributed by atoms with van der Waals surface area (Å²) in [4.78, 5) is 0.435. The van der Waals surface area contributed by atoms with Crippen LogP contribution in [0.1, 0.15) is 18.1 Å². The number of hydrogen-bond acceptors (Lipinski definition) is 2. The zero-order valence-electron chi connectivity index (χ0n) is 7.32. The highest BCUT2D eigenvalue weighted by Crippen LogP contribution is 2.27. The number of aryl methyl sites for hydroxylation is 1. The van der Waals surface area contributed by atoms with Crippen LogP contribution in [0.15, 0.2) is 28.5 Å². The van der Waals surface area contributed by atoms with E-state index in [9.17, 15) is 8.42 Å². The summed E-state index contributed by atoms with van der Waals surface area (Å²) in [6.07, 6.45) is 2.59. The van der Waals surface area contributed by atoms with Gasteiger partial charge in [0.05, 0.1) is 4.90 Å². The number of sulfone groups is 1. The zero-order valence-corrected chi connectivity index (χ0v) is 8.14. The summed E-state index contributed by atoms with van der Waals surface area (Å²) < 4.78 is 22.7. The summed E-state index contributed by atoms with van der Waals surface area (Å²) in [5.74, 6) is 0. The Hall–Kier alpha value is -1.09. The van der Waals surface area contributed by atoms with Crippen LogP contribution in [-0.2, 0) is 16.3 Å². The van der Waals surface area contributed by atoms with E-state index in [-0.39, 0.29) is 0 Å². The van der Waals surface area contributed by atoms with Gasteiger partial charge in [-0.05, 0) is 29.7 Å². The lowest BCUT2D eigenvalue weighted by Crippen LogP contribution is -1.93. The molecule has 1 heterocycles. The van der Waals surface area contributed by atoms with Gasteiger partial charge in [0.1, 0.15) is 0 Å². The van der Waals surface area contributed by atoms with E-state index in [4.69, 9.17) is 0 Å². The van der Waals surface area contributed by atoms with Gasteiger partial charge in [-0.2, -0.15) is 0 Å². The van der Waals surface area contributed by atoms with E-state index in [1.165, 1.54) is 11.0 Å². The average molecular weight is 194 g/mol. The Labute approximate surface area is 77.8 Å². The largest absolute Gasteiger partial charge is 0.219 e. The molecule has 0 spiro atoms. The molecule has 2 nitrogen and oxygen atoms in total. The standard InChI is InChI=1S/C10H10O2S/c1-2-8-3-4-10-9(7-8)5-6-13(10,11)12/h3-7H,2H2,1H3. The molecule has 0 amide bonds. The van der Waals surface area contributed by atoms with Crippen molar-refractivity contribution < 1.29 is 8.42 Å². The van der Waals surface area contributed by atoms with Crippen molar-refractivity contribution >= 4 is 15.9 Å². The van der Waals surface area contributed by atoms with Gasteiger partial charge in [-0.3, -0.25) is 0 Å². The van der Waals surface area contributed by atoms with Gasteiger partial charge in [0.15, 0.2) is 9.84 Å². The first-order chi connectivity index (χ1) is 6.13. The van der Waals surface area contributed by atoms with Crippen LogP contribution in [-0.4, -0.2) is 8.42 Å². The molecular formula is C10H10O2S. The molecule has 0 bridgehead atoms. The normalized spacial score (nSPS) is 17.3. The first-order valence-corrected chi connectivity index (χ1v) is 5.74. The predicted molar refractivity (Wildman–Crippen MR) is 52.0 cm³/mol. The fraction of sp³-hybridized carbons (Fsp3) is 0.200. The highest BCUT2D eigenvalue weighted by Gasteiger charge is 2.19. The summed E-state index contributed by atoms with van der Waals surface area (Å²) in [7, 11) is -3.11. The van der Waals surface area contributed by atoms with Crippen molar-refractivity contribution in [2.75, 3.05) is 0 Å². The maximum Gasteiger partial charge on any atom is 0.200 e. The van der Waals surface area contributed by atoms with Crippen LogP contribution in [0.4, 0.5) is 0 Å². The molecule has 0 unspecified atom stereocenters. The summed E-state index contributed by atoms with van der Waals surface area (Å²) in [6.45, 7) is 2.05. The highest BCUT2D eigenvalue weighted by atomic mass is 32.2. The van der Waals surface area contributed by atoms with Crippen LogP contribution >= 0.6 is 0 Å². The van der Waals surface area contributed by atoms with Crippen LogP contribution in [0.2, 0.25) is 0 Å². The Morgan fingerprint density at radius 2 is 2.08 bits per heavy atom. The number of hydrogen-bond donors (Lipinski definition) is 0. The molecule has 0 N–H and O–H groups in total. The zero-order chi connectivity index (χ0) is 9.47. The second-order valence-corrected chi connectivity index (χ2v) is 4.88. The average Bonchev–Trinajstić information content (AvgIpc) is 2.42. The molecule has 1 aromatic rings. The summed E-state index contributed by atoms with van der Waals surface area (Å²) >= 11 is 0. The van der Waals surface area contributed by atoms with Gasteiger partial charge >= 0.3 is 0 Å².